The molecule has 0 spiro atoms. The SMILES string of the molecule is Cc1ccc(Oc2ccc([N+](=O)[O-])cc2[N+](=O)[O-])c(-c2nc3ccccc3s2)c1. The smallest absolute Gasteiger partial charge is 0.318 e. The van der Waals surface area contributed by atoms with Crippen molar-refractivity contribution in [2.45, 2.75) is 6.92 Å². The molecule has 1 heterocycles. The Balaban J connectivity index is 1.81. The first kappa shape index (κ1) is 18.5. The Morgan fingerprint density at radius 1 is 0.931 bits per heavy atom. The molecule has 0 atom stereocenters. The topological polar surface area (TPSA) is 108 Å². The van der Waals surface area contributed by atoms with E-state index in [1.165, 1.54) is 23.5 Å². The van der Waals surface area contributed by atoms with Crippen LogP contribution in [0.4, 0.5) is 11.4 Å². The van der Waals surface area contributed by atoms with Crippen LogP contribution < -0.4 is 4.74 Å². The number of ether oxygens (including phenoxy) is 1. The molecule has 0 amide bonds. The minimum atomic E-state index is -0.701. The minimum absolute atomic E-state index is 0.0770. The van der Waals surface area contributed by atoms with E-state index in [-0.39, 0.29) is 11.4 Å². The van der Waals surface area contributed by atoms with Gasteiger partial charge in [0.1, 0.15) is 10.8 Å². The van der Waals surface area contributed by atoms with Crippen molar-refractivity contribution in [3.05, 3.63) is 86.5 Å². The van der Waals surface area contributed by atoms with Crippen LogP contribution in [0.15, 0.2) is 60.7 Å². The molecule has 9 heteroatoms. The monoisotopic (exact) mass is 407 g/mol. The number of aryl methyl sites for hydroxylation is 1. The van der Waals surface area contributed by atoms with Crippen LogP contribution in [0, 0.1) is 27.2 Å². The molecule has 8 nitrogen and oxygen atoms in total. The third kappa shape index (κ3) is 3.63. The zero-order valence-corrected chi connectivity index (χ0v) is 15.9. The minimum Gasteiger partial charge on any atom is -0.449 e. The van der Waals surface area contributed by atoms with Gasteiger partial charge in [-0.3, -0.25) is 20.2 Å². The predicted molar refractivity (Wildman–Crippen MR) is 110 cm³/mol. The van der Waals surface area contributed by atoms with Crippen molar-refractivity contribution in [1.29, 1.82) is 0 Å². The highest BCUT2D eigenvalue weighted by atomic mass is 32.1. The maximum Gasteiger partial charge on any atom is 0.318 e. The summed E-state index contributed by atoms with van der Waals surface area (Å²) in [6.45, 7) is 1.93. The molecule has 0 bridgehead atoms. The number of thiazole rings is 1. The second-order valence-electron chi connectivity index (χ2n) is 6.25. The van der Waals surface area contributed by atoms with E-state index in [4.69, 9.17) is 4.74 Å². The van der Waals surface area contributed by atoms with Crippen molar-refractivity contribution in [2.24, 2.45) is 0 Å². The Kier molecular flexibility index (Phi) is 4.65. The number of nitro benzene ring substituents is 2. The highest BCUT2D eigenvalue weighted by Gasteiger charge is 2.22. The third-order valence-electron chi connectivity index (χ3n) is 4.23. The molecule has 3 aromatic carbocycles. The Morgan fingerprint density at radius 2 is 1.69 bits per heavy atom. The number of fused-ring (bicyclic) bond motifs is 1. The van der Waals surface area contributed by atoms with Gasteiger partial charge < -0.3 is 4.74 Å². The number of nitrogens with zero attached hydrogens (tertiary/aromatic N) is 3. The fourth-order valence-electron chi connectivity index (χ4n) is 2.85. The molecule has 29 heavy (non-hydrogen) atoms. The fraction of sp³-hybridized carbons (Fsp3) is 0.0500. The number of para-hydroxylation sites is 1. The molecule has 0 saturated heterocycles. The standard InChI is InChI=1S/C20H13N3O5S/c1-12-6-8-17(14(10-12)20-21-15-4-2-3-5-19(15)29-20)28-18-9-7-13(22(24)25)11-16(18)23(26)27/h2-11H,1H3. The van der Waals surface area contributed by atoms with E-state index in [9.17, 15) is 20.2 Å². The summed E-state index contributed by atoms with van der Waals surface area (Å²) in [5, 5.41) is 23.1. The molecule has 0 saturated carbocycles. The summed E-state index contributed by atoms with van der Waals surface area (Å²) < 4.78 is 6.85. The lowest BCUT2D eigenvalue weighted by Crippen LogP contribution is -1.97. The van der Waals surface area contributed by atoms with Crippen LogP contribution in [0.2, 0.25) is 0 Å². The molecule has 0 aliphatic carbocycles. The van der Waals surface area contributed by atoms with Gasteiger partial charge in [0.25, 0.3) is 5.69 Å². The van der Waals surface area contributed by atoms with Crippen LogP contribution in [0.3, 0.4) is 0 Å². The third-order valence-corrected chi connectivity index (χ3v) is 5.30. The van der Waals surface area contributed by atoms with Gasteiger partial charge in [0.15, 0.2) is 0 Å². The largest absolute Gasteiger partial charge is 0.449 e. The highest BCUT2D eigenvalue weighted by Crippen LogP contribution is 2.41. The van der Waals surface area contributed by atoms with E-state index in [1.54, 1.807) is 6.07 Å². The molecule has 0 fully saturated rings. The van der Waals surface area contributed by atoms with Crippen molar-refractivity contribution in [1.82, 2.24) is 4.98 Å². The van der Waals surface area contributed by atoms with E-state index >= 15 is 0 Å². The summed E-state index contributed by atoms with van der Waals surface area (Å²) >= 11 is 1.49. The van der Waals surface area contributed by atoms with Crippen molar-refractivity contribution in [3.8, 4) is 22.1 Å². The Bertz CT molecular complexity index is 1240. The summed E-state index contributed by atoms with van der Waals surface area (Å²) in [4.78, 5) is 25.6. The zero-order chi connectivity index (χ0) is 20.5. The van der Waals surface area contributed by atoms with Crippen LogP contribution in [0.25, 0.3) is 20.8 Å². The molecular weight excluding hydrogens is 394 g/mol. The predicted octanol–water partition coefficient (Wildman–Crippen LogP) is 5.88. The van der Waals surface area contributed by atoms with Crippen molar-refractivity contribution in [3.63, 3.8) is 0 Å². The van der Waals surface area contributed by atoms with Crippen molar-refractivity contribution >= 4 is 32.9 Å². The van der Waals surface area contributed by atoms with Gasteiger partial charge in [0.2, 0.25) is 5.75 Å². The van der Waals surface area contributed by atoms with Gasteiger partial charge >= 0.3 is 5.69 Å². The van der Waals surface area contributed by atoms with Crippen LogP contribution in [0.1, 0.15) is 5.56 Å². The molecule has 0 aliphatic heterocycles. The van der Waals surface area contributed by atoms with Crippen LogP contribution in [0.5, 0.6) is 11.5 Å². The lowest BCUT2D eigenvalue weighted by Gasteiger charge is -2.11. The van der Waals surface area contributed by atoms with E-state index in [0.29, 0.717) is 11.3 Å². The quantitative estimate of drug-likeness (QED) is 0.302. The number of aromatic nitrogens is 1. The molecule has 0 aliphatic rings. The first-order chi connectivity index (χ1) is 13.9. The molecule has 0 unspecified atom stereocenters. The average molecular weight is 407 g/mol. The van der Waals surface area contributed by atoms with Gasteiger partial charge in [0, 0.05) is 6.07 Å². The molecule has 4 rings (SSSR count). The molecule has 4 aromatic rings. The summed E-state index contributed by atoms with van der Waals surface area (Å²) in [5.41, 5.74) is 1.67. The summed E-state index contributed by atoms with van der Waals surface area (Å²) in [6, 6.07) is 16.4. The maximum atomic E-state index is 11.4. The number of nitro groups is 2. The first-order valence-corrected chi connectivity index (χ1v) is 9.31. The molecule has 1 aromatic heterocycles. The van der Waals surface area contributed by atoms with Gasteiger partial charge in [-0.05, 0) is 37.3 Å². The normalized spacial score (nSPS) is 10.8. The number of hydrogen-bond acceptors (Lipinski definition) is 7. The second kappa shape index (κ2) is 7.28. The van der Waals surface area contributed by atoms with Gasteiger partial charge in [-0.15, -0.1) is 11.3 Å². The number of benzene rings is 3. The van der Waals surface area contributed by atoms with Gasteiger partial charge in [-0.1, -0.05) is 23.8 Å². The van der Waals surface area contributed by atoms with Gasteiger partial charge in [-0.25, -0.2) is 4.98 Å². The molecule has 144 valence electrons. The van der Waals surface area contributed by atoms with E-state index < -0.39 is 15.5 Å². The molecule has 0 radical (unpaired) electrons. The zero-order valence-electron chi connectivity index (χ0n) is 15.1. The Labute approximate surface area is 168 Å². The Hall–Kier alpha value is -3.85. The van der Waals surface area contributed by atoms with E-state index in [0.717, 1.165) is 26.9 Å². The summed E-state index contributed by atoms with van der Waals surface area (Å²) in [7, 11) is 0. The van der Waals surface area contributed by atoms with Crippen molar-refractivity contribution < 1.29 is 14.6 Å². The van der Waals surface area contributed by atoms with Crippen LogP contribution >= 0.6 is 11.3 Å². The summed E-state index contributed by atoms with van der Waals surface area (Å²) in [6.07, 6.45) is 0. The highest BCUT2D eigenvalue weighted by molar-refractivity contribution is 7.21. The molecule has 0 N–H and O–H groups in total. The van der Waals surface area contributed by atoms with Gasteiger partial charge in [0.05, 0.1) is 31.7 Å². The van der Waals surface area contributed by atoms with Crippen LogP contribution in [-0.2, 0) is 0 Å². The number of non-ortho nitro benzene ring substituents is 1. The Morgan fingerprint density at radius 3 is 2.41 bits per heavy atom. The molecular formula is C20H13N3O5S. The van der Waals surface area contributed by atoms with Gasteiger partial charge in [-0.2, -0.15) is 0 Å². The first-order valence-electron chi connectivity index (χ1n) is 8.49. The lowest BCUT2D eigenvalue weighted by molar-refractivity contribution is -0.394. The maximum absolute atomic E-state index is 11.4. The summed E-state index contributed by atoms with van der Waals surface area (Å²) in [5.74, 6) is 0.304. The second-order valence-corrected chi connectivity index (χ2v) is 7.29. The lowest BCUT2D eigenvalue weighted by atomic mass is 10.1. The number of hydrogen-bond donors (Lipinski definition) is 0. The average Bonchev–Trinajstić information content (AvgIpc) is 3.13. The van der Waals surface area contributed by atoms with E-state index in [1.807, 2.05) is 43.3 Å². The fourth-order valence-corrected chi connectivity index (χ4v) is 3.84. The van der Waals surface area contributed by atoms with Crippen LogP contribution in [-0.4, -0.2) is 14.8 Å². The number of rotatable bonds is 5. The van der Waals surface area contributed by atoms with E-state index in [2.05, 4.69) is 4.98 Å². The van der Waals surface area contributed by atoms with Crippen molar-refractivity contribution in [2.75, 3.05) is 0 Å².